The number of halogens is 1. The van der Waals surface area contributed by atoms with Gasteiger partial charge in [0, 0.05) is 7.11 Å². The molecule has 0 heterocycles. The van der Waals surface area contributed by atoms with E-state index in [0.717, 1.165) is 6.07 Å². The topological polar surface area (TPSA) is 92.7 Å². The molecule has 106 valence electrons. The number of aliphatic carboxylic acids is 1. The third-order valence-electron chi connectivity index (χ3n) is 2.38. The van der Waals surface area contributed by atoms with Crippen molar-refractivity contribution in [3.05, 3.63) is 29.6 Å². The van der Waals surface area contributed by atoms with Crippen molar-refractivity contribution >= 4 is 16.0 Å². The number of rotatable bonds is 6. The Morgan fingerprint density at radius 3 is 2.63 bits per heavy atom. The van der Waals surface area contributed by atoms with Gasteiger partial charge >= 0.3 is 5.97 Å². The molecule has 0 saturated heterocycles. The molecule has 6 nitrogen and oxygen atoms in total. The number of carboxylic acids is 1. The quantitative estimate of drug-likeness (QED) is 0.796. The van der Waals surface area contributed by atoms with Crippen LogP contribution in [0.15, 0.2) is 23.1 Å². The van der Waals surface area contributed by atoms with E-state index in [2.05, 4.69) is 4.74 Å². The lowest BCUT2D eigenvalue weighted by Crippen LogP contribution is -2.43. The Bertz CT molecular complexity index is 572. The van der Waals surface area contributed by atoms with Crippen molar-refractivity contribution in [2.75, 3.05) is 13.7 Å². The first-order valence-corrected chi connectivity index (χ1v) is 6.76. The highest BCUT2D eigenvalue weighted by atomic mass is 32.2. The smallest absolute Gasteiger partial charge is 0.324 e. The highest BCUT2D eigenvalue weighted by Gasteiger charge is 2.25. The molecule has 1 atom stereocenters. The Morgan fingerprint density at radius 1 is 1.53 bits per heavy atom. The van der Waals surface area contributed by atoms with Gasteiger partial charge in [-0.3, -0.25) is 4.79 Å². The van der Waals surface area contributed by atoms with E-state index >= 15 is 0 Å². The molecular formula is C11H14FNO5S. The molecule has 0 spiro atoms. The molecule has 1 aromatic carbocycles. The fourth-order valence-corrected chi connectivity index (χ4v) is 2.50. The molecule has 0 aliphatic heterocycles. The van der Waals surface area contributed by atoms with E-state index in [1.165, 1.54) is 26.2 Å². The predicted octanol–water partition coefficient (Wildman–Crippen LogP) is 0.512. The molecule has 0 bridgehead atoms. The number of nitrogens with one attached hydrogen (secondary N) is 1. The van der Waals surface area contributed by atoms with Gasteiger partial charge in [-0.05, 0) is 24.6 Å². The molecule has 0 aliphatic rings. The Balaban J connectivity index is 3.03. The molecular weight excluding hydrogens is 277 g/mol. The standard InChI is InChI=1S/C11H14FNO5S/c1-7-3-4-8(5-9(7)12)19(16,17)13-10(6-18-2)11(14)15/h3-5,10,13H,6H2,1-2H3,(H,14,15). The first kappa shape index (κ1) is 15.5. The average molecular weight is 291 g/mol. The maximum atomic E-state index is 13.3. The summed E-state index contributed by atoms with van der Waals surface area (Å²) < 4.78 is 43.6. The minimum Gasteiger partial charge on any atom is -0.480 e. The second-order valence-electron chi connectivity index (χ2n) is 3.88. The molecule has 1 unspecified atom stereocenters. The van der Waals surface area contributed by atoms with Crippen LogP contribution in [-0.4, -0.2) is 39.3 Å². The van der Waals surface area contributed by atoms with Crippen molar-refractivity contribution in [2.45, 2.75) is 17.9 Å². The van der Waals surface area contributed by atoms with Gasteiger partial charge in [0.15, 0.2) is 0 Å². The zero-order valence-corrected chi connectivity index (χ0v) is 11.2. The van der Waals surface area contributed by atoms with Gasteiger partial charge in [0.2, 0.25) is 10.0 Å². The maximum Gasteiger partial charge on any atom is 0.324 e. The van der Waals surface area contributed by atoms with Crippen LogP contribution in [0.2, 0.25) is 0 Å². The summed E-state index contributed by atoms with van der Waals surface area (Å²) in [7, 11) is -2.87. The molecule has 0 aromatic heterocycles. The van der Waals surface area contributed by atoms with Crippen molar-refractivity contribution < 1.29 is 27.4 Å². The van der Waals surface area contributed by atoms with Crippen molar-refractivity contribution in [3.63, 3.8) is 0 Å². The van der Waals surface area contributed by atoms with Gasteiger partial charge < -0.3 is 9.84 Å². The van der Waals surface area contributed by atoms with E-state index in [-0.39, 0.29) is 11.5 Å². The molecule has 0 saturated carbocycles. The second-order valence-corrected chi connectivity index (χ2v) is 5.59. The van der Waals surface area contributed by atoms with E-state index in [1.54, 1.807) is 0 Å². The molecule has 2 N–H and O–H groups in total. The number of ether oxygens (including phenoxy) is 1. The van der Waals surface area contributed by atoms with Gasteiger partial charge in [0.25, 0.3) is 0 Å². The normalized spacial score (nSPS) is 13.2. The molecule has 1 aromatic rings. The van der Waals surface area contributed by atoms with Crippen molar-refractivity contribution in [1.82, 2.24) is 4.72 Å². The van der Waals surface area contributed by atoms with Crippen LogP contribution in [0.25, 0.3) is 0 Å². The van der Waals surface area contributed by atoms with Crippen LogP contribution in [0.3, 0.4) is 0 Å². The van der Waals surface area contributed by atoms with Crippen LogP contribution in [0.5, 0.6) is 0 Å². The summed E-state index contributed by atoms with van der Waals surface area (Å²) in [6, 6.07) is 1.91. The maximum absolute atomic E-state index is 13.3. The number of hydrogen-bond acceptors (Lipinski definition) is 4. The fraction of sp³-hybridized carbons (Fsp3) is 0.364. The lowest BCUT2D eigenvalue weighted by atomic mass is 10.2. The summed E-state index contributed by atoms with van der Waals surface area (Å²) in [4.78, 5) is 10.5. The number of carboxylic acid groups (broad SMARTS) is 1. The van der Waals surface area contributed by atoms with Crippen molar-refractivity contribution in [1.29, 1.82) is 0 Å². The number of sulfonamides is 1. The van der Waals surface area contributed by atoms with Crippen LogP contribution < -0.4 is 4.72 Å². The summed E-state index contributed by atoms with van der Waals surface area (Å²) in [5.74, 6) is -2.06. The third kappa shape index (κ3) is 3.98. The van der Waals surface area contributed by atoms with Crippen LogP contribution in [0.4, 0.5) is 4.39 Å². The van der Waals surface area contributed by atoms with Crippen LogP contribution in [0.1, 0.15) is 5.56 Å². The van der Waals surface area contributed by atoms with Crippen LogP contribution in [-0.2, 0) is 19.6 Å². The van der Waals surface area contributed by atoms with E-state index in [4.69, 9.17) is 5.11 Å². The number of methoxy groups -OCH3 is 1. The molecule has 19 heavy (non-hydrogen) atoms. The van der Waals surface area contributed by atoms with Gasteiger partial charge in [-0.2, -0.15) is 4.72 Å². The average Bonchev–Trinajstić information content (AvgIpc) is 2.31. The monoisotopic (exact) mass is 291 g/mol. The van der Waals surface area contributed by atoms with Crippen molar-refractivity contribution in [3.8, 4) is 0 Å². The Kier molecular flexibility index (Phi) is 4.98. The lowest BCUT2D eigenvalue weighted by Gasteiger charge is -2.14. The van der Waals surface area contributed by atoms with E-state index < -0.39 is 27.9 Å². The Hall–Kier alpha value is -1.51. The van der Waals surface area contributed by atoms with Gasteiger partial charge in [0.1, 0.15) is 11.9 Å². The first-order chi connectivity index (χ1) is 8.77. The summed E-state index contributed by atoms with van der Waals surface area (Å²) in [6.45, 7) is 1.16. The summed E-state index contributed by atoms with van der Waals surface area (Å²) >= 11 is 0. The van der Waals surface area contributed by atoms with Gasteiger partial charge in [-0.25, -0.2) is 12.8 Å². The number of aryl methyl sites for hydroxylation is 1. The number of hydrogen-bond donors (Lipinski definition) is 2. The van der Waals surface area contributed by atoms with Crippen LogP contribution in [0, 0.1) is 12.7 Å². The van der Waals surface area contributed by atoms with Crippen molar-refractivity contribution in [2.24, 2.45) is 0 Å². The molecule has 0 fully saturated rings. The minimum absolute atomic E-state index is 0.297. The largest absolute Gasteiger partial charge is 0.480 e. The zero-order valence-electron chi connectivity index (χ0n) is 10.4. The predicted molar refractivity (Wildman–Crippen MR) is 64.8 cm³/mol. The SMILES string of the molecule is COCC(NS(=O)(=O)c1ccc(C)c(F)c1)C(=O)O. The Labute approximate surface area is 110 Å². The van der Waals surface area contributed by atoms with E-state index in [0.29, 0.717) is 5.56 Å². The first-order valence-electron chi connectivity index (χ1n) is 5.28. The van der Waals surface area contributed by atoms with E-state index in [1.807, 2.05) is 4.72 Å². The van der Waals surface area contributed by atoms with Crippen LogP contribution >= 0.6 is 0 Å². The molecule has 0 radical (unpaired) electrons. The molecule has 8 heteroatoms. The zero-order chi connectivity index (χ0) is 14.6. The minimum atomic E-state index is -4.12. The third-order valence-corrected chi connectivity index (χ3v) is 3.85. The molecule has 0 aliphatic carbocycles. The Morgan fingerprint density at radius 2 is 2.16 bits per heavy atom. The number of benzene rings is 1. The van der Waals surface area contributed by atoms with Gasteiger partial charge in [-0.15, -0.1) is 0 Å². The molecule has 1 rings (SSSR count). The summed E-state index contributed by atoms with van der Waals surface area (Å²) in [5, 5.41) is 8.83. The summed E-state index contributed by atoms with van der Waals surface area (Å²) in [6.07, 6.45) is 0. The van der Waals surface area contributed by atoms with Gasteiger partial charge in [-0.1, -0.05) is 6.07 Å². The number of carbonyl (C=O) groups is 1. The summed E-state index contributed by atoms with van der Waals surface area (Å²) in [5.41, 5.74) is 0.297. The van der Waals surface area contributed by atoms with E-state index in [9.17, 15) is 17.6 Å². The fourth-order valence-electron chi connectivity index (χ4n) is 1.32. The highest BCUT2D eigenvalue weighted by Crippen LogP contribution is 2.14. The lowest BCUT2D eigenvalue weighted by molar-refractivity contribution is -0.140. The second kappa shape index (κ2) is 6.09. The highest BCUT2D eigenvalue weighted by molar-refractivity contribution is 7.89. The molecule has 0 amide bonds. The van der Waals surface area contributed by atoms with Gasteiger partial charge in [0.05, 0.1) is 11.5 Å².